The molecule has 0 aliphatic heterocycles. The fraction of sp³-hybridized carbons (Fsp3) is 0.0667. The lowest BCUT2D eigenvalue weighted by Crippen LogP contribution is -2.14. The van der Waals surface area contributed by atoms with Gasteiger partial charge >= 0.3 is 0 Å². The lowest BCUT2D eigenvalue weighted by atomic mass is 10.1. The van der Waals surface area contributed by atoms with E-state index in [1.165, 1.54) is 36.4 Å². The number of hydrogen-bond acceptors (Lipinski definition) is 4. The van der Waals surface area contributed by atoms with E-state index in [4.69, 9.17) is 5.73 Å². The summed E-state index contributed by atoms with van der Waals surface area (Å²) in [5, 5.41) is 2.59. The fourth-order valence-corrected chi connectivity index (χ4v) is 2.49. The van der Waals surface area contributed by atoms with Gasteiger partial charge in [0.15, 0.2) is 9.84 Å². The topological polar surface area (TPSA) is 106 Å². The van der Waals surface area contributed by atoms with Gasteiger partial charge in [0.2, 0.25) is 5.91 Å². The van der Waals surface area contributed by atoms with Gasteiger partial charge in [-0.1, -0.05) is 12.1 Å². The van der Waals surface area contributed by atoms with Crippen molar-refractivity contribution in [3.05, 3.63) is 59.7 Å². The SMILES string of the molecule is CS(=O)(=O)c1cccc(C(=O)Nc2cccc(C(N)=O)c2)c1. The molecule has 7 heteroatoms. The highest BCUT2D eigenvalue weighted by molar-refractivity contribution is 7.90. The molecule has 0 heterocycles. The van der Waals surface area contributed by atoms with Crippen molar-refractivity contribution >= 4 is 27.3 Å². The summed E-state index contributed by atoms with van der Waals surface area (Å²) in [6, 6.07) is 11.9. The van der Waals surface area contributed by atoms with Crippen LogP contribution in [-0.2, 0) is 9.84 Å². The summed E-state index contributed by atoms with van der Waals surface area (Å²) >= 11 is 0. The van der Waals surface area contributed by atoms with E-state index >= 15 is 0 Å². The minimum atomic E-state index is -3.39. The monoisotopic (exact) mass is 318 g/mol. The van der Waals surface area contributed by atoms with Crippen LogP contribution in [0.3, 0.4) is 0 Å². The number of anilines is 1. The van der Waals surface area contributed by atoms with E-state index in [0.717, 1.165) is 6.26 Å². The first-order chi connectivity index (χ1) is 10.3. The van der Waals surface area contributed by atoms with E-state index in [1.54, 1.807) is 12.1 Å². The van der Waals surface area contributed by atoms with Crippen molar-refractivity contribution in [2.75, 3.05) is 11.6 Å². The van der Waals surface area contributed by atoms with Crippen LogP contribution in [0.5, 0.6) is 0 Å². The van der Waals surface area contributed by atoms with Crippen molar-refractivity contribution in [1.82, 2.24) is 0 Å². The summed E-state index contributed by atoms with van der Waals surface area (Å²) in [5.41, 5.74) is 6.04. The van der Waals surface area contributed by atoms with Gasteiger partial charge in [0, 0.05) is 23.1 Å². The number of primary amides is 1. The van der Waals surface area contributed by atoms with Crippen molar-refractivity contribution in [3.8, 4) is 0 Å². The molecular weight excluding hydrogens is 304 g/mol. The Labute approximate surface area is 127 Å². The van der Waals surface area contributed by atoms with E-state index in [0.29, 0.717) is 5.69 Å². The van der Waals surface area contributed by atoms with Crippen LogP contribution in [0.15, 0.2) is 53.4 Å². The third-order valence-electron chi connectivity index (χ3n) is 2.93. The van der Waals surface area contributed by atoms with Crippen molar-refractivity contribution in [3.63, 3.8) is 0 Å². The molecule has 2 amide bonds. The van der Waals surface area contributed by atoms with Crippen LogP contribution in [0, 0.1) is 0 Å². The normalized spacial score (nSPS) is 11.0. The highest BCUT2D eigenvalue weighted by Crippen LogP contribution is 2.15. The molecule has 0 atom stereocenters. The maximum atomic E-state index is 12.2. The summed E-state index contributed by atoms with van der Waals surface area (Å²) in [7, 11) is -3.39. The standard InChI is InChI=1S/C15H14N2O4S/c1-22(20,21)13-7-3-5-11(9-13)15(19)17-12-6-2-4-10(8-12)14(16)18/h2-9H,1H3,(H2,16,18)(H,17,19). The van der Waals surface area contributed by atoms with Crippen LogP contribution in [0.25, 0.3) is 0 Å². The Hall–Kier alpha value is -2.67. The average Bonchev–Trinajstić information content (AvgIpc) is 2.46. The second kappa shape index (κ2) is 5.98. The molecule has 6 nitrogen and oxygen atoms in total. The Balaban J connectivity index is 2.26. The number of nitrogens with one attached hydrogen (secondary N) is 1. The molecular formula is C15H14N2O4S. The smallest absolute Gasteiger partial charge is 0.255 e. The predicted octanol–water partition coefficient (Wildman–Crippen LogP) is 1.44. The molecule has 0 saturated heterocycles. The molecule has 2 aromatic rings. The van der Waals surface area contributed by atoms with Crippen molar-refractivity contribution < 1.29 is 18.0 Å². The van der Waals surface area contributed by atoms with Gasteiger partial charge in [-0.3, -0.25) is 9.59 Å². The zero-order valence-electron chi connectivity index (χ0n) is 11.7. The number of carbonyl (C=O) groups is 2. The summed E-state index contributed by atoms with van der Waals surface area (Å²) in [5.74, 6) is -1.08. The molecule has 114 valence electrons. The molecule has 0 unspecified atom stereocenters. The summed E-state index contributed by atoms with van der Waals surface area (Å²) in [4.78, 5) is 23.3. The van der Waals surface area contributed by atoms with E-state index < -0.39 is 21.7 Å². The van der Waals surface area contributed by atoms with Crippen LogP contribution in [0.1, 0.15) is 20.7 Å². The van der Waals surface area contributed by atoms with Crippen LogP contribution < -0.4 is 11.1 Å². The van der Waals surface area contributed by atoms with Gasteiger partial charge in [-0.2, -0.15) is 0 Å². The number of carbonyl (C=O) groups excluding carboxylic acids is 2. The number of hydrogen-bond donors (Lipinski definition) is 2. The van der Waals surface area contributed by atoms with E-state index in [-0.39, 0.29) is 16.0 Å². The van der Waals surface area contributed by atoms with E-state index in [9.17, 15) is 18.0 Å². The molecule has 0 bridgehead atoms. The number of nitrogens with two attached hydrogens (primary N) is 1. The van der Waals surface area contributed by atoms with Crippen molar-refractivity contribution in [2.24, 2.45) is 5.73 Å². The average molecular weight is 318 g/mol. The molecule has 3 N–H and O–H groups in total. The van der Waals surface area contributed by atoms with Gasteiger partial charge < -0.3 is 11.1 Å². The van der Waals surface area contributed by atoms with Crippen LogP contribution in [0.4, 0.5) is 5.69 Å². The molecule has 0 saturated carbocycles. The van der Waals surface area contributed by atoms with Gasteiger partial charge in [-0.25, -0.2) is 8.42 Å². The van der Waals surface area contributed by atoms with E-state index in [2.05, 4.69) is 5.32 Å². The Morgan fingerprint density at radius 3 is 2.27 bits per heavy atom. The van der Waals surface area contributed by atoms with E-state index in [1.807, 2.05) is 0 Å². The van der Waals surface area contributed by atoms with Gasteiger partial charge in [-0.15, -0.1) is 0 Å². The van der Waals surface area contributed by atoms with Crippen molar-refractivity contribution in [2.45, 2.75) is 4.90 Å². The van der Waals surface area contributed by atoms with Crippen LogP contribution in [0.2, 0.25) is 0 Å². The lowest BCUT2D eigenvalue weighted by Gasteiger charge is -2.07. The fourth-order valence-electron chi connectivity index (χ4n) is 1.82. The number of sulfone groups is 1. The zero-order chi connectivity index (χ0) is 16.3. The van der Waals surface area contributed by atoms with Crippen LogP contribution >= 0.6 is 0 Å². The molecule has 0 radical (unpaired) electrons. The summed E-state index contributed by atoms with van der Waals surface area (Å²) in [6.45, 7) is 0. The second-order valence-corrected chi connectivity index (χ2v) is 6.71. The molecule has 0 spiro atoms. The second-order valence-electron chi connectivity index (χ2n) is 4.70. The maximum absolute atomic E-state index is 12.2. The Kier molecular flexibility index (Phi) is 4.27. The minimum absolute atomic E-state index is 0.0611. The highest BCUT2D eigenvalue weighted by Gasteiger charge is 2.12. The maximum Gasteiger partial charge on any atom is 0.255 e. The van der Waals surface area contributed by atoms with Gasteiger partial charge in [0.05, 0.1) is 4.90 Å². The summed E-state index contributed by atoms with van der Waals surface area (Å²) in [6.07, 6.45) is 1.07. The summed E-state index contributed by atoms with van der Waals surface area (Å²) < 4.78 is 23.0. The lowest BCUT2D eigenvalue weighted by molar-refractivity contribution is 0.0996. The molecule has 2 rings (SSSR count). The first kappa shape index (κ1) is 15.7. The largest absolute Gasteiger partial charge is 0.366 e. The third-order valence-corrected chi connectivity index (χ3v) is 4.04. The molecule has 0 aliphatic carbocycles. The Morgan fingerprint density at radius 1 is 1.00 bits per heavy atom. The number of rotatable bonds is 4. The number of amides is 2. The molecule has 22 heavy (non-hydrogen) atoms. The van der Waals surface area contributed by atoms with Crippen molar-refractivity contribution in [1.29, 1.82) is 0 Å². The quantitative estimate of drug-likeness (QED) is 0.889. The minimum Gasteiger partial charge on any atom is -0.366 e. The van der Waals surface area contributed by atoms with Crippen LogP contribution in [-0.4, -0.2) is 26.5 Å². The van der Waals surface area contributed by atoms with Gasteiger partial charge in [0.1, 0.15) is 0 Å². The number of benzene rings is 2. The molecule has 0 aromatic heterocycles. The zero-order valence-corrected chi connectivity index (χ0v) is 12.6. The van der Waals surface area contributed by atoms with Gasteiger partial charge in [-0.05, 0) is 36.4 Å². The molecule has 2 aromatic carbocycles. The molecule has 0 aliphatic rings. The first-order valence-electron chi connectivity index (χ1n) is 6.29. The Bertz CT molecular complexity index is 844. The molecule has 0 fully saturated rings. The highest BCUT2D eigenvalue weighted by atomic mass is 32.2. The third kappa shape index (κ3) is 3.70. The predicted molar refractivity (Wildman–Crippen MR) is 82.5 cm³/mol. The van der Waals surface area contributed by atoms with Gasteiger partial charge in [0.25, 0.3) is 5.91 Å². The Morgan fingerprint density at radius 2 is 1.64 bits per heavy atom. The first-order valence-corrected chi connectivity index (χ1v) is 8.18.